The molecule has 6 aliphatic rings. The van der Waals surface area contributed by atoms with Gasteiger partial charge in [-0.05, 0) is 97.2 Å². The van der Waals surface area contributed by atoms with Gasteiger partial charge in [-0.1, -0.05) is 51.1 Å². The molecule has 0 aromatic heterocycles. The standard InChI is InChI=1S/C47H46ClN5O6/c1-46(2)44(47(3,4)45(46)59-33-13-12-29(21-49)37(48)20-33)52-25-32-17-27(11-14-34(32)41(52)56)8-5-26-6-9-28(10-7-26)22-51-23-30-18-35-36(19-31(30)24-51)43(58)53(42(35)57)38-15-16-39(54)50-40(38)55/h11-14,17-20,26,28,38,44-45H,6-7,9-10,15-16,22-25H2,1-4H3,(H,50,54,55). The maximum absolute atomic E-state index is 13.8. The molecule has 0 spiro atoms. The highest BCUT2D eigenvalue weighted by atomic mass is 35.5. The molecule has 4 aliphatic heterocycles. The van der Waals surface area contributed by atoms with Crippen LogP contribution in [0.25, 0.3) is 0 Å². The van der Waals surface area contributed by atoms with E-state index in [0.717, 1.165) is 64.9 Å². The Morgan fingerprint density at radius 2 is 1.47 bits per heavy atom. The largest absolute Gasteiger partial charge is 0.489 e. The summed E-state index contributed by atoms with van der Waals surface area (Å²) >= 11 is 6.29. The molecule has 4 heterocycles. The first-order chi connectivity index (χ1) is 28.1. The first-order valence-electron chi connectivity index (χ1n) is 20.6. The van der Waals surface area contributed by atoms with Crippen LogP contribution in [0.2, 0.25) is 5.02 Å². The summed E-state index contributed by atoms with van der Waals surface area (Å²) in [5.41, 5.74) is 5.12. The molecule has 12 heteroatoms. The molecule has 3 aromatic rings. The minimum atomic E-state index is -0.964. The number of hydrogen-bond donors (Lipinski definition) is 1. The molecular weight excluding hydrogens is 766 g/mol. The van der Waals surface area contributed by atoms with Crippen LogP contribution in [0.3, 0.4) is 0 Å². The molecule has 3 fully saturated rings. The lowest BCUT2D eigenvalue weighted by atomic mass is 9.49. The van der Waals surface area contributed by atoms with Gasteiger partial charge in [-0.25, -0.2) is 0 Å². The Labute approximate surface area is 349 Å². The maximum Gasteiger partial charge on any atom is 0.262 e. The molecule has 2 saturated carbocycles. The van der Waals surface area contributed by atoms with Gasteiger partial charge in [0, 0.05) is 72.6 Å². The highest BCUT2D eigenvalue weighted by Crippen LogP contribution is 2.59. The molecular formula is C47H46ClN5O6. The van der Waals surface area contributed by atoms with E-state index >= 15 is 0 Å². The zero-order chi connectivity index (χ0) is 41.5. The Hall–Kier alpha value is -5.49. The molecule has 1 unspecified atom stereocenters. The molecule has 2 aliphatic carbocycles. The van der Waals surface area contributed by atoms with Gasteiger partial charge in [0.1, 0.15) is 24.0 Å². The highest BCUT2D eigenvalue weighted by Gasteiger charge is 2.67. The summed E-state index contributed by atoms with van der Waals surface area (Å²) in [6.07, 6.45) is 4.25. The van der Waals surface area contributed by atoms with Gasteiger partial charge in [-0.3, -0.25) is 39.1 Å². The van der Waals surface area contributed by atoms with Crippen LogP contribution in [-0.4, -0.2) is 69.0 Å². The van der Waals surface area contributed by atoms with Gasteiger partial charge in [0.2, 0.25) is 11.8 Å². The summed E-state index contributed by atoms with van der Waals surface area (Å²) in [5.74, 6) is 6.53. The average molecular weight is 812 g/mol. The van der Waals surface area contributed by atoms with E-state index in [4.69, 9.17) is 16.3 Å². The number of nitrogens with one attached hydrogen (secondary N) is 1. The first-order valence-corrected chi connectivity index (χ1v) is 20.9. The molecule has 0 bridgehead atoms. The predicted octanol–water partition coefficient (Wildman–Crippen LogP) is 6.62. The molecule has 302 valence electrons. The second-order valence-corrected chi connectivity index (χ2v) is 18.8. The van der Waals surface area contributed by atoms with Crippen molar-refractivity contribution in [2.75, 3.05) is 6.54 Å². The number of amides is 5. The smallest absolute Gasteiger partial charge is 0.262 e. The van der Waals surface area contributed by atoms with Gasteiger partial charge < -0.3 is 9.64 Å². The molecule has 1 atom stereocenters. The van der Waals surface area contributed by atoms with Crippen LogP contribution in [-0.2, 0) is 29.2 Å². The Bertz CT molecular complexity index is 2410. The van der Waals surface area contributed by atoms with Crippen molar-refractivity contribution in [1.82, 2.24) is 20.0 Å². The van der Waals surface area contributed by atoms with Crippen LogP contribution in [0.1, 0.15) is 125 Å². The minimum absolute atomic E-state index is 0.0347. The van der Waals surface area contributed by atoms with E-state index in [1.807, 2.05) is 29.2 Å². The van der Waals surface area contributed by atoms with Crippen LogP contribution in [0.15, 0.2) is 48.5 Å². The van der Waals surface area contributed by atoms with Crippen molar-refractivity contribution in [2.45, 2.75) is 104 Å². The molecule has 11 nitrogen and oxygen atoms in total. The fraction of sp³-hybridized carbons (Fsp3) is 0.447. The third-order valence-electron chi connectivity index (χ3n) is 13.7. The number of benzene rings is 3. The Kier molecular flexibility index (Phi) is 9.49. The van der Waals surface area contributed by atoms with Gasteiger partial charge >= 0.3 is 0 Å². The Morgan fingerprint density at radius 1 is 0.797 bits per heavy atom. The second kappa shape index (κ2) is 14.4. The summed E-state index contributed by atoms with van der Waals surface area (Å²) in [4.78, 5) is 70.0. The molecule has 5 amide bonds. The van der Waals surface area contributed by atoms with Gasteiger partial charge in [-0.15, -0.1) is 0 Å². The van der Waals surface area contributed by atoms with E-state index in [0.29, 0.717) is 58.9 Å². The number of carbonyl (C=O) groups is 5. The number of carbonyl (C=O) groups excluding carboxylic acids is 5. The average Bonchev–Trinajstić information content (AvgIpc) is 3.81. The molecule has 3 aromatic carbocycles. The van der Waals surface area contributed by atoms with Crippen LogP contribution < -0.4 is 10.1 Å². The van der Waals surface area contributed by atoms with E-state index in [-0.39, 0.29) is 47.6 Å². The van der Waals surface area contributed by atoms with Gasteiger partial charge in [0.05, 0.1) is 21.7 Å². The molecule has 1 saturated heterocycles. The Morgan fingerprint density at radius 3 is 2.10 bits per heavy atom. The summed E-state index contributed by atoms with van der Waals surface area (Å²) in [6.45, 7) is 11.4. The van der Waals surface area contributed by atoms with E-state index in [1.54, 1.807) is 18.2 Å². The third-order valence-corrected chi connectivity index (χ3v) is 14.0. The first kappa shape index (κ1) is 39.0. The fourth-order valence-corrected chi connectivity index (χ4v) is 11.5. The number of fused-ring (bicyclic) bond motifs is 3. The van der Waals surface area contributed by atoms with Crippen molar-refractivity contribution < 1.29 is 28.7 Å². The van der Waals surface area contributed by atoms with Crippen molar-refractivity contribution in [3.05, 3.63) is 98.1 Å². The molecule has 0 radical (unpaired) electrons. The van der Waals surface area contributed by atoms with Crippen molar-refractivity contribution in [1.29, 1.82) is 5.26 Å². The zero-order valence-corrected chi connectivity index (χ0v) is 34.4. The molecule has 59 heavy (non-hydrogen) atoms. The normalized spacial score (nSPS) is 26.6. The van der Waals surface area contributed by atoms with Crippen LogP contribution >= 0.6 is 11.6 Å². The van der Waals surface area contributed by atoms with Crippen LogP contribution in [0.4, 0.5) is 0 Å². The lowest BCUT2D eigenvalue weighted by Gasteiger charge is -2.65. The lowest BCUT2D eigenvalue weighted by Crippen LogP contribution is -2.74. The summed E-state index contributed by atoms with van der Waals surface area (Å²) < 4.78 is 6.48. The van der Waals surface area contributed by atoms with Crippen molar-refractivity contribution >= 4 is 41.1 Å². The number of piperidine rings is 1. The summed E-state index contributed by atoms with van der Waals surface area (Å²) in [7, 11) is 0. The van der Waals surface area contributed by atoms with Gasteiger partial charge in [-0.2, -0.15) is 5.26 Å². The quantitative estimate of drug-likeness (QED) is 0.216. The number of nitrogens with zero attached hydrogens (tertiary/aromatic N) is 4. The van der Waals surface area contributed by atoms with E-state index < -0.39 is 23.8 Å². The van der Waals surface area contributed by atoms with Gasteiger partial charge in [0.25, 0.3) is 17.7 Å². The van der Waals surface area contributed by atoms with E-state index in [1.165, 1.54) is 0 Å². The molecule has 1 N–H and O–H groups in total. The topological polar surface area (TPSA) is 140 Å². The van der Waals surface area contributed by atoms with Gasteiger partial charge in [0.15, 0.2) is 0 Å². The van der Waals surface area contributed by atoms with Crippen molar-refractivity contribution in [3.63, 3.8) is 0 Å². The van der Waals surface area contributed by atoms with Crippen LogP contribution in [0.5, 0.6) is 5.75 Å². The number of rotatable bonds is 6. The van der Waals surface area contributed by atoms with E-state index in [2.05, 4.69) is 61.9 Å². The zero-order valence-electron chi connectivity index (χ0n) is 33.7. The monoisotopic (exact) mass is 811 g/mol. The third kappa shape index (κ3) is 6.60. The fourth-order valence-electron chi connectivity index (χ4n) is 11.2. The maximum atomic E-state index is 13.8. The SMILES string of the molecule is CC1(C)C(Oc2ccc(C#N)c(Cl)c2)C(C)(C)C1N1Cc2cc(C#CC3CCC(CN4Cc5cc6c(cc5C4)C(=O)N(C4CCC(=O)NC4=O)C6=O)CC3)ccc2C1=O. The number of nitriles is 1. The molecule has 9 rings (SSSR count). The summed E-state index contributed by atoms with van der Waals surface area (Å²) in [5, 5.41) is 11.9. The van der Waals surface area contributed by atoms with Crippen molar-refractivity contribution in [2.24, 2.45) is 22.7 Å². The summed E-state index contributed by atoms with van der Waals surface area (Å²) in [6, 6.07) is 15.8. The van der Waals surface area contributed by atoms with Crippen LogP contribution in [0, 0.1) is 45.8 Å². The van der Waals surface area contributed by atoms with Crippen molar-refractivity contribution in [3.8, 4) is 23.7 Å². The number of hydrogen-bond acceptors (Lipinski definition) is 8. The number of halogens is 1. The second-order valence-electron chi connectivity index (χ2n) is 18.4. The lowest BCUT2D eigenvalue weighted by molar-refractivity contribution is -0.199. The number of imide groups is 2. The highest BCUT2D eigenvalue weighted by molar-refractivity contribution is 6.31. The van der Waals surface area contributed by atoms with E-state index in [9.17, 15) is 29.2 Å². The predicted molar refractivity (Wildman–Crippen MR) is 218 cm³/mol. The minimum Gasteiger partial charge on any atom is -0.489 e. The number of ether oxygens (including phenoxy) is 1. The Balaban J connectivity index is 0.781.